The Morgan fingerprint density at radius 3 is 2.71 bits per heavy atom. The lowest BCUT2D eigenvalue weighted by Gasteiger charge is -1.77. The first-order valence-corrected chi connectivity index (χ1v) is 2.11. The number of hydrogen-bond donors (Lipinski definition) is 0. The Labute approximate surface area is 42.8 Å². The van der Waals surface area contributed by atoms with E-state index < -0.39 is 0 Å². The third-order valence-electron chi connectivity index (χ3n) is 0.762. The second-order valence-corrected chi connectivity index (χ2v) is 1.56. The molecule has 0 amide bonds. The van der Waals surface area contributed by atoms with Crippen molar-refractivity contribution in [2.45, 2.75) is 6.92 Å². The van der Waals surface area contributed by atoms with Gasteiger partial charge in [-0.1, -0.05) is 0 Å². The van der Waals surface area contributed by atoms with Gasteiger partial charge in [-0.2, -0.15) is 5.10 Å². The van der Waals surface area contributed by atoms with Crippen molar-refractivity contribution in [3.05, 3.63) is 25.0 Å². The highest BCUT2D eigenvalue weighted by Crippen LogP contribution is 1.89. The van der Waals surface area contributed by atoms with Crippen LogP contribution in [0.25, 0.3) is 0 Å². The maximum atomic E-state index is 3.82. The van der Waals surface area contributed by atoms with Crippen LogP contribution in [-0.4, -0.2) is 9.78 Å². The topological polar surface area (TPSA) is 17.8 Å². The predicted molar refractivity (Wildman–Crippen MR) is 27.7 cm³/mol. The smallest absolute Gasteiger partial charge is 0.0605 e. The maximum Gasteiger partial charge on any atom is 0.0605 e. The van der Waals surface area contributed by atoms with Gasteiger partial charge in [-0.3, -0.25) is 4.68 Å². The first-order chi connectivity index (χ1) is 3.29. The van der Waals surface area contributed by atoms with Gasteiger partial charge in [0.25, 0.3) is 0 Å². The Morgan fingerprint density at radius 2 is 2.57 bits per heavy atom. The Morgan fingerprint density at radius 1 is 1.86 bits per heavy atom. The zero-order valence-corrected chi connectivity index (χ0v) is 4.26. The van der Waals surface area contributed by atoms with Gasteiger partial charge >= 0.3 is 0 Å². The molecule has 0 saturated heterocycles. The van der Waals surface area contributed by atoms with Crippen LogP contribution >= 0.6 is 0 Å². The molecule has 0 fully saturated rings. The molecule has 37 valence electrons. The van der Waals surface area contributed by atoms with E-state index in [2.05, 4.69) is 12.1 Å². The molecule has 7 heavy (non-hydrogen) atoms. The number of nitrogens with zero attached hydrogens (tertiary/aromatic N) is 2. The second-order valence-electron chi connectivity index (χ2n) is 1.56. The molecule has 0 N–H and O–H groups in total. The first kappa shape index (κ1) is 4.37. The van der Waals surface area contributed by atoms with E-state index >= 15 is 0 Å². The van der Waals surface area contributed by atoms with Crippen molar-refractivity contribution >= 4 is 0 Å². The van der Waals surface area contributed by atoms with E-state index in [4.69, 9.17) is 0 Å². The van der Waals surface area contributed by atoms with E-state index in [1.54, 1.807) is 6.20 Å². The molecular formula is C5H7N2. The third-order valence-corrected chi connectivity index (χ3v) is 0.762. The van der Waals surface area contributed by atoms with Gasteiger partial charge in [-0.15, -0.1) is 0 Å². The molecule has 1 aromatic heterocycles. The Bertz CT molecular complexity index is 138. The average Bonchev–Trinajstić information content (AvgIpc) is 1.87. The second kappa shape index (κ2) is 1.37. The number of aryl methyl sites for hydroxylation is 1. The van der Waals surface area contributed by atoms with Gasteiger partial charge in [0.1, 0.15) is 0 Å². The standard InChI is InChI=1S/C5H7N2/c1-5-3-6-7(2)4-5/h3-4H,2H2,1H3. The van der Waals surface area contributed by atoms with Crippen molar-refractivity contribution in [3.63, 3.8) is 0 Å². The summed E-state index contributed by atoms with van der Waals surface area (Å²) in [6.45, 7) is 1.98. The highest BCUT2D eigenvalue weighted by Gasteiger charge is 1.81. The molecule has 0 unspecified atom stereocenters. The van der Waals surface area contributed by atoms with Crippen LogP contribution in [-0.2, 0) is 0 Å². The van der Waals surface area contributed by atoms with Gasteiger partial charge in [-0.05, 0) is 12.5 Å². The van der Waals surface area contributed by atoms with E-state index in [1.807, 2.05) is 13.1 Å². The van der Waals surface area contributed by atoms with Gasteiger partial charge in [0.2, 0.25) is 0 Å². The fourth-order valence-electron chi connectivity index (χ4n) is 0.467. The third kappa shape index (κ3) is 0.796. The number of hydrogen-bond acceptors (Lipinski definition) is 1. The minimum atomic E-state index is 1.15. The zero-order valence-electron chi connectivity index (χ0n) is 4.26. The molecule has 0 aromatic carbocycles. The van der Waals surface area contributed by atoms with Crippen LogP contribution in [0.2, 0.25) is 0 Å². The van der Waals surface area contributed by atoms with E-state index in [9.17, 15) is 0 Å². The first-order valence-electron chi connectivity index (χ1n) is 2.11. The van der Waals surface area contributed by atoms with Gasteiger partial charge < -0.3 is 0 Å². The summed E-state index contributed by atoms with van der Waals surface area (Å²) in [5.74, 6) is 0. The summed E-state index contributed by atoms with van der Waals surface area (Å²) >= 11 is 0. The lowest BCUT2D eigenvalue weighted by molar-refractivity contribution is 0.877. The summed E-state index contributed by atoms with van der Waals surface area (Å²) in [6.07, 6.45) is 3.63. The van der Waals surface area contributed by atoms with E-state index in [1.165, 1.54) is 4.68 Å². The molecule has 1 rings (SSSR count). The predicted octanol–water partition coefficient (Wildman–Crippen LogP) is 0.831. The van der Waals surface area contributed by atoms with Crippen LogP contribution in [0.15, 0.2) is 12.4 Å². The molecule has 0 atom stereocenters. The van der Waals surface area contributed by atoms with Crippen LogP contribution < -0.4 is 0 Å². The minimum Gasteiger partial charge on any atom is -0.271 e. The molecule has 2 heteroatoms. The molecule has 0 bridgehead atoms. The summed E-state index contributed by atoms with van der Waals surface area (Å²) in [7, 11) is 3.55. The maximum absolute atomic E-state index is 3.82. The van der Waals surface area contributed by atoms with Gasteiger partial charge in [-0.25, -0.2) is 0 Å². The van der Waals surface area contributed by atoms with Crippen LogP contribution in [0.4, 0.5) is 0 Å². The number of rotatable bonds is 0. The summed E-state index contributed by atoms with van der Waals surface area (Å²) < 4.78 is 1.54. The Hall–Kier alpha value is -0.790. The van der Waals surface area contributed by atoms with Crippen molar-refractivity contribution < 1.29 is 0 Å². The highest BCUT2D eigenvalue weighted by atomic mass is 15.2. The molecule has 0 spiro atoms. The normalized spacial score (nSPS) is 9.43. The van der Waals surface area contributed by atoms with Crippen LogP contribution in [0, 0.1) is 14.0 Å². The summed E-state index contributed by atoms with van der Waals surface area (Å²) in [5.41, 5.74) is 1.15. The zero-order chi connectivity index (χ0) is 5.28. The molecule has 1 radical (unpaired) electrons. The van der Waals surface area contributed by atoms with Crippen molar-refractivity contribution in [2.75, 3.05) is 0 Å². The molecule has 0 aliphatic rings. The number of aromatic nitrogens is 2. The quantitative estimate of drug-likeness (QED) is 0.466. The molecule has 1 aromatic rings. The van der Waals surface area contributed by atoms with Crippen molar-refractivity contribution in [1.82, 2.24) is 9.78 Å². The van der Waals surface area contributed by atoms with Crippen molar-refractivity contribution in [3.8, 4) is 0 Å². The minimum absolute atomic E-state index is 1.15. The van der Waals surface area contributed by atoms with Crippen LogP contribution in [0.5, 0.6) is 0 Å². The van der Waals surface area contributed by atoms with Crippen molar-refractivity contribution in [1.29, 1.82) is 0 Å². The van der Waals surface area contributed by atoms with E-state index in [-0.39, 0.29) is 0 Å². The fourth-order valence-corrected chi connectivity index (χ4v) is 0.467. The lowest BCUT2D eigenvalue weighted by atomic mass is 10.4. The molecule has 0 aliphatic heterocycles. The average molecular weight is 95.1 g/mol. The monoisotopic (exact) mass is 95.1 g/mol. The van der Waals surface area contributed by atoms with Crippen LogP contribution in [0.3, 0.4) is 0 Å². The van der Waals surface area contributed by atoms with Gasteiger partial charge in [0.05, 0.1) is 13.2 Å². The highest BCUT2D eigenvalue weighted by molar-refractivity contribution is 4.99. The molecule has 0 saturated carbocycles. The van der Waals surface area contributed by atoms with E-state index in [0.29, 0.717) is 0 Å². The molecular weight excluding hydrogens is 88.1 g/mol. The molecule has 1 heterocycles. The summed E-state index contributed by atoms with van der Waals surface area (Å²) in [6, 6.07) is 0. The van der Waals surface area contributed by atoms with Gasteiger partial charge in [0.15, 0.2) is 0 Å². The van der Waals surface area contributed by atoms with E-state index in [0.717, 1.165) is 5.56 Å². The Balaban J connectivity index is 3.04. The SMILES string of the molecule is [CH2]n1cc(C)cn1. The summed E-state index contributed by atoms with van der Waals surface area (Å²) in [4.78, 5) is 0. The Kier molecular flexibility index (Phi) is 0.855. The lowest BCUT2D eigenvalue weighted by Crippen LogP contribution is -1.80. The van der Waals surface area contributed by atoms with Crippen molar-refractivity contribution in [2.24, 2.45) is 0 Å². The molecule has 2 nitrogen and oxygen atoms in total. The largest absolute Gasteiger partial charge is 0.271 e. The van der Waals surface area contributed by atoms with Crippen LogP contribution in [0.1, 0.15) is 5.56 Å². The molecule has 0 aliphatic carbocycles. The van der Waals surface area contributed by atoms with Gasteiger partial charge in [0, 0.05) is 6.20 Å². The fraction of sp³-hybridized carbons (Fsp3) is 0.200. The summed E-state index contributed by atoms with van der Waals surface area (Å²) in [5, 5.41) is 3.82.